The zero-order chi connectivity index (χ0) is 26.5. The molecule has 0 aliphatic rings. The minimum Gasteiger partial charge on any atom is -0.462 e. The van der Waals surface area contributed by atoms with E-state index >= 15 is 0 Å². The summed E-state index contributed by atoms with van der Waals surface area (Å²) in [5, 5.41) is 11.2. The van der Waals surface area contributed by atoms with Crippen molar-refractivity contribution in [3.63, 3.8) is 0 Å². The van der Waals surface area contributed by atoms with Crippen LogP contribution in [0.1, 0.15) is 65.8 Å². The van der Waals surface area contributed by atoms with Crippen molar-refractivity contribution < 1.29 is 28.3 Å². The lowest BCUT2D eigenvalue weighted by atomic mass is 9.87. The van der Waals surface area contributed by atoms with Crippen molar-refractivity contribution in [2.45, 2.75) is 52.2 Å². The summed E-state index contributed by atoms with van der Waals surface area (Å²) in [7, 11) is 0. The Labute approximate surface area is 218 Å². The molecular weight excluding hydrogens is 502 g/mol. The Morgan fingerprint density at radius 1 is 1.03 bits per heavy atom. The number of ether oxygens (including phenoxy) is 2. The van der Waals surface area contributed by atoms with Crippen molar-refractivity contribution >= 4 is 45.9 Å². The van der Waals surface area contributed by atoms with Crippen LogP contribution in [0.5, 0.6) is 0 Å². The number of rotatable bonds is 9. The average Bonchev–Trinajstić information content (AvgIpc) is 3.42. The van der Waals surface area contributed by atoms with Crippen LogP contribution in [-0.4, -0.2) is 47.0 Å². The number of thioether (sulfide) groups is 1. The normalized spacial score (nSPS) is 11.3. The molecule has 192 valence electrons. The van der Waals surface area contributed by atoms with Crippen LogP contribution in [0.3, 0.4) is 0 Å². The van der Waals surface area contributed by atoms with Gasteiger partial charge in [0.15, 0.2) is 0 Å². The van der Waals surface area contributed by atoms with E-state index in [1.165, 1.54) is 5.56 Å². The van der Waals surface area contributed by atoms with Crippen molar-refractivity contribution in [2.75, 3.05) is 24.3 Å². The summed E-state index contributed by atoms with van der Waals surface area (Å²) < 4.78 is 15.9. The molecule has 0 radical (unpaired) electrons. The van der Waals surface area contributed by atoms with Gasteiger partial charge in [0.1, 0.15) is 9.88 Å². The van der Waals surface area contributed by atoms with Gasteiger partial charge in [-0.1, -0.05) is 44.7 Å². The van der Waals surface area contributed by atoms with E-state index in [1.54, 1.807) is 20.8 Å². The smallest absolute Gasteiger partial charge is 0.348 e. The van der Waals surface area contributed by atoms with E-state index in [0.29, 0.717) is 11.5 Å². The molecule has 2 heterocycles. The second-order valence-electron chi connectivity index (χ2n) is 8.74. The molecule has 0 aliphatic heterocycles. The van der Waals surface area contributed by atoms with Gasteiger partial charge in [-0.15, -0.1) is 21.5 Å². The van der Waals surface area contributed by atoms with Gasteiger partial charge in [0.2, 0.25) is 11.8 Å². The Morgan fingerprint density at radius 3 is 2.28 bits per heavy atom. The molecule has 0 fully saturated rings. The zero-order valence-corrected chi connectivity index (χ0v) is 22.7. The summed E-state index contributed by atoms with van der Waals surface area (Å²) in [6.07, 6.45) is 0. The molecule has 1 N–H and O–H groups in total. The van der Waals surface area contributed by atoms with Crippen LogP contribution in [0, 0.1) is 6.92 Å². The second-order valence-corrected chi connectivity index (χ2v) is 10.7. The maximum absolute atomic E-state index is 12.7. The molecule has 36 heavy (non-hydrogen) atoms. The number of amides is 1. The Kier molecular flexibility index (Phi) is 8.91. The van der Waals surface area contributed by atoms with Crippen molar-refractivity contribution in [1.82, 2.24) is 10.2 Å². The van der Waals surface area contributed by atoms with Gasteiger partial charge < -0.3 is 19.2 Å². The molecular formula is C25H29N3O6S2. The summed E-state index contributed by atoms with van der Waals surface area (Å²) in [6.45, 7) is 11.8. The molecule has 11 heteroatoms. The fourth-order valence-electron chi connectivity index (χ4n) is 3.23. The third-order valence-corrected chi connectivity index (χ3v) is 7.08. The highest BCUT2D eigenvalue weighted by molar-refractivity contribution is 7.99. The number of thiophene rings is 1. The maximum Gasteiger partial charge on any atom is 0.348 e. The zero-order valence-electron chi connectivity index (χ0n) is 21.1. The topological polar surface area (TPSA) is 121 Å². The van der Waals surface area contributed by atoms with Gasteiger partial charge in [-0.2, -0.15) is 0 Å². The molecule has 0 bridgehead atoms. The summed E-state index contributed by atoms with van der Waals surface area (Å²) in [6, 6.07) is 7.89. The number of carbonyl (C=O) groups is 3. The van der Waals surface area contributed by atoms with Crippen LogP contribution in [0.25, 0.3) is 11.5 Å². The number of benzene rings is 1. The number of esters is 2. The second kappa shape index (κ2) is 11.7. The van der Waals surface area contributed by atoms with Crippen molar-refractivity contribution in [3.05, 3.63) is 45.8 Å². The number of anilines is 1. The SMILES string of the molecule is CCOC(=O)c1sc(NC(=O)CSc2nnc(-c3ccc(C(C)(C)C)cc3)o2)c(C(=O)OCC)c1C. The molecule has 0 aliphatic carbocycles. The minimum absolute atomic E-state index is 0.0348. The molecule has 2 aromatic heterocycles. The Bertz CT molecular complexity index is 1240. The van der Waals surface area contributed by atoms with Crippen LogP contribution < -0.4 is 5.32 Å². The molecule has 3 aromatic rings. The number of hydrogen-bond acceptors (Lipinski definition) is 10. The van der Waals surface area contributed by atoms with Crippen LogP contribution in [0.4, 0.5) is 5.00 Å². The monoisotopic (exact) mass is 531 g/mol. The van der Waals surface area contributed by atoms with Gasteiger partial charge in [-0.05, 0) is 49.4 Å². The molecule has 0 spiro atoms. The van der Waals surface area contributed by atoms with E-state index < -0.39 is 17.8 Å². The minimum atomic E-state index is -0.622. The summed E-state index contributed by atoms with van der Waals surface area (Å²) in [4.78, 5) is 37.7. The number of nitrogens with one attached hydrogen (secondary N) is 1. The van der Waals surface area contributed by atoms with Gasteiger partial charge in [0.05, 0.1) is 24.5 Å². The first-order chi connectivity index (χ1) is 17.0. The largest absolute Gasteiger partial charge is 0.462 e. The van der Waals surface area contributed by atoms with E-state index in [0.717, 1.165) is 28.7 Å². The number of aromatic nitrogens is 2. The van der Waals surface area contributed by atoms with Crippen molar-refractivity contribution in [3.8, 4) is 11.5 Å². The van der Waals surface area contributed by atoms with Crippen LogP contribution in [-0.2, 0) is 19.7 Å². The third kappa shape index (κ3) is 6.52. The third-order valence-electron chi connectivity index (χ3n) is 5.07. The van der Waals surface area contributed by atoms with Crippen LogP contribution in [0.2, 0.25) is 0 Å². The number of hydrogen-bond donors (Lipinski definition) is 1. The van der Waals surface area contributed by atoms with Crippen molar-refractivity contribution in [2.24, 2.45) is 0 Å². The fourth-order valence-corrected chi connectivity index (χ4v) is 4.90. The van der Waals surface area contributed by atoms with Crippen LogP contribution >= 0.6 is 23.1 Å². The fraction of sp³-hybridized carbons (Fsp3) is 0.400. The highest BCUT2D eigenvalue weighted by Crippen LogP contribution is 2.35. The van der Waals surface area contributed by atoms with Gasteiger partial charge in [-0.3, -0.25) is 4.79 Å². The average molecular weight is 532 g/mol. The first-order valence-electron chi connectivity index (χ1n) is 11.4. The first-order valence-corrected chi connectivity index (χ1v) is 13.2. The van der Waals surface area contributed by atoms with Crippen LogP contribution in [0.15, 0.2) is 33.9 Å². The van der Waals surface area contributed by atoms with Gasteiger partial charge in [0, 0.05) is 5.56 Å². The molecule has 3 rings (SSSR count). The summed E-state index contributed by atoms with van der Waals surface area (Å²) >= 11 is 2.04. The molecule has 0 saturated carbocycles. The van der Waals surface area contributed by atoms with E-state index in [4.69, 9.17) is 13.9 Å². The Hall–Kier alpha value is -3.18. The lowest BCUT2D eigenvalue weighted by molar-refractivity contribution is -0.113. The van der Waals surface area contributed by atoms with E-state index in [-0.39, 0.29) is 45.0 Å². The predicted molar refractivity (Wildman–Crippen MR) is 139 cm³/mol. The number of carbonyl (C=O) groups excluding carboxylic acids is 3. The Morgan fingerprint density at radius 2 is 1.67 bits per heavy atom. The molecule has 1 aromatic carbocycles. The predicted octanol–water partition coefficient (Wildman–Crippen LogP) is 5.49. The molecule has 0 saturated heterocycles. The molecule has 0 atom stereocenters. The van der Waals surface area contributed by atoms with E-state index in [9.17, 15) is 14.4 Å². The lowest BCUT2D eigenvalue weighted by Gasteiger charge is -2.18. The molecule has 9 nitrogen and oxygen atoms in total. The highest BCUT2D eigenvalue weighted by atomic mass is 32.2. The van der Waals surface area contributed by atoms with E-state index in [2.05, 4.69) is 36.3 Å². The Balaban J connectivity index is 1.69. The highest BCUT2D eigenvalue weighted by Gasteiger charge is 2.27. The summed E-state index contributed by atoms with van der Waals surface area (Å²) in [5.41, 5.74) is 2.55. The van der Waals surface area contributed by atoms with E-state index in [1.807, 2.05) is 24.3 Å². The quantitative estimate of drug-likeness (QED) is 0.282. The van der Waals surface area contributed by atoms with Crippen molar-refractivity contribution in [1.29, 1.82) is 0 Å². The maximum atomic E-state index is 12.7. The van der Waals surface area contributed by atoms with Gasteiger partial charge >= 0.3 is 11.9 Å². The van der Waals surface area contributed by atoms with Gasteiger partial charge in [-0.25, -0.2) is 9.59 Å². The lowest BCUT2D eigenvalue weighted by Crippen LogP contribution is -2.16. The summed E-state index contributed by atoms with van der Waals surface area (Å²) in [5.74, 6) is -1.27. The first kappa shape index (κ1) is 27.4. The molecule has 0 unspecified atom stereocenters. The van der Waals surface area contributed by atoms with Gasteiger partial charge in [0.25, 0.3) is 5.22 Å². The molecule has 1 amide bonds. The standard InChI is InChI=1S/C25H29N3O6S2/c1-7-32-22(30)18-14(3)19(23(31)33-8-2)36-21(18)26-17(29)13-35-24-28-27-20(34-24)15-9-11-16(12-10-15)25(4,5)6/h9-12H,7-8,13H2,1-6H3,(H,26,29). The number of nitrogens with zero attached hydrogens (tertiary/aromatic N) is 2.